The van der Waals surface area contributed by atoms with Gasteiger partial charge in [-0.2, -0.15) is 13.2 Å². The van der Waals surface area contributed by atoms with Gasteiger partial charge in [-0.05, 0) is 32.3 Å². The van der Waals surface area contributed by atoms with E-state index in [1.807, 2.05) is 0 Å². The molecule has 0 saturated heterocycles. The first-order valence-electron chi connectivity index (χ1n) is 6.47. The molecular formula is C13H18ClF3N2O2. The molecule has 1 heterocycles. The lowest BCUT2D eigenvalue weighted by Gasteiger charge is -2.11. The molecule has 1 saturated carbocycles. The van der Waals surface area contributed by atoms with E-state index in [1.54, 1.807) is 0 Å². The van der Waals surface area contributed by atoms with Gasteiger partial charge in [-0.1, -0.05) is 0 Å². The van der Waals surface area contributed by atoms with Crippen LogP contribution in [0.1, 0.15) is 36.3 Å². The van der Waals surface area contributed by atoms with Gasteiger partial charge < -0.3 is 15.5 Å². The zero-order valence-electron chi connectivity index (χ0n) is 11.5. The molecule has 1 fully saturated rings. The van der Waals surface area contributed by atoms with Crippen molar-refractivity contribution in [3.05, 3.63) is 23.2 Å². The summed E-state index contributed by atoms with van der Waals surface area (Å²) in [5.74, 6) is -1.32. The van der Waals surface area contributed by atoms with Crippen LogP contribution in [0.5, 0.6) is 0 Å². The van der Waals surface area contributed by atoms with Crippen molar-refractivity contribution in [3.63, 3.8) is 0 Å². The zero-order chi connectivity index (χ0) is 14.9. The zero-order valence-corrected chi connectivity index (χ0v) is 12.3. The number of carbonyl (C=O) groups is 1. The third kappa shape index (κ3) is 4.38. The molecule has 0 unspecified atom stereocenters. The van der Waals surface area contributed by atoms with Crippen molar-refractivity contribution < 1.29 is 22.4 Å². The Labute approximate surface area is 126 Å². The van der Waals surface area contributed by atoms with Gasteiger partial charge in [0.25, 0.3) is 0 Å². The molecular weight excluding hydrogens is 309 g/mol. The number of halogens is 4. The van der Waals surface area contributed by atoms with Crippen LogP contribution in [0.2, 0.25) is 0 Å². The van der Waals surface area contributed by atoms with E-state index in [0.29, 0.717) is 12.8 Å². The number of nitrogens with two attached hydrogens (primary N) is 1. The van der Waals surface area contributed by atoms with E-state index < -0.39 is 11.9 Å². The Morgan fingerprint density at radius 1 is 1.48 bits per heavy atom. The first-order chi connectivity index (χ1) is 9.27. The molecule has 0 radical (unpaired) electrons. The molecule has 21 heavy (non-hydrogen) atoms. The van der Waals surface area contributed by atoms with Crippen LogP contribution in [-0.4, -0.2) is 11.9 Å². The Bertz CT molecular complexity index is 502. The van der Waals surface area contributed by atoms with Gasteiger partial charge in [-0.3, -0.25) is 4.79 Å². The normalized spacial score (nSPS) is 22.0. The maximum absolute atomic E-state index is 12.7. The van der Waals surface area contributed by atoms with Crippen molar-refractivity contribution in [2.24, 2.45) is 11.7 Å². The minimum atomic E-state index is -4.55. The second-order valence-corrected chi connectivity index (χ2v) is 5.20. The van der Waals surface area contributed by atoms with Gasteiger partial charge in [0.05, 0.1) is 0 Å². The Morgan fingerprint density at radius 2 is 2.14 bits per heavy atom. The second-order valence-electron chi connectivity index (χ2n) is 5.20. The molecule has 1 amide bonds. The summed E-state index contributed by atoms with van der Waals surface area (Å²) >= 11 is 0. The van der Waals surface area contributed by atoms with E-state index in [0.717, 1.165) is 6.42 Å². The number of carbonyl (C=O) groups excluding carboxylic acids is 1. The second kappa shape index (κ2) is 6.70. The van der Waals surface area contributed by atoms with E-state index in [4.69, 9.17) is 5.73 Å². The number of hydrogen-bond acceptors (Lipinski definition) is 3. The van der Waals surface area contributed by atoms with E-state index in [2.05, 4.69) is 9.73 Å². The molecule has 0 spiro atoms. The van der Waals surface area contributed by atoms with Crippen LogP contribution in [0.15, 0.2) is 10.5 Å². The van der Waals surface area contributed by atoms with Crippen molar-refractivity contribution >= 4 is 18.3 Å². The summed E-state index contributed by atoms with van der Waals surface area (Å²) in [6.45, 7) is 1.26. The third-order valence-electron chi connectivity index (χ3n) is 3.49. The molecule has 8 heteroatoms. The monoisotopic (exact) mass is 326 g/mol. The molecule has 0 bridgehead atoms. The SMILES string of the molecule is Cc1cc(CNC(=O)[C@H]2CC[C@@H](N)C2)c(C(F)(F)F)o1.Cl. The lowest BCUT2D eigenvalue weighted by Crippen LogP contribution is -2.30. The number of aryl methyl sites for hydroxylation is 1. The third-order valence-corrected chi connectivity index (χ3v) is 3.49. The number of nitrogens with one attached hydrogen (secondary N) is 1. The number of furan rings is 1. The number of rotatable bonds is 3. The Morgan fingerprint density at radius 3 is 2.67 bits per heavy atom. The standard InChI is InChI=1S/C13H17F3N2O2.ClH/c1-7-4-9(11(20-7)13(14,15)16)6-18-12(19)8-2-3-10(17)5-8;/h4,8,10H,2-3,5-6,17H2,1H3,(H,18,19);1H/t8-,10+;/m0./s1. The molecule has 1 aliphatic carbocycles. The fraction of sp³-hybridized carbons (Fsp3) is 0.615. The van der Waals surface area contributed by atoms with Gasteiger partial charge in [-0.25, -0.2) is 0 Å². The van der Waals surface area contributed by atoms with Gasteiger partial charge >= 0.3 is 6.18 Å². The van der Waals surface area contributed by atoms with E-state index in [1.165, 1.54) is 13.0 Å². The molecule has 0 aromatic carbocycles. The maximum Gasteiger partial charge on any atom is 0.449 e. The van der Waals surface area contributed by atoms with Crippen LogP contribution in [0, 0.1) is 12.8 Å². The van der Waals surface area contributed by atoms with Crippen molar-refractivity contribution in [2.75, 3.05) is 0 Å². The van der Waals surface area contributed by atoms with Crippen LogP contribution in [0.4, 0.5) is 13.2 Å². The molecule has 1 aromatic heterocycles. The predicted molar refractivity (Wildman–Crippen MR) is 72.9 cm³/mol. The van der Waals surface area contributed by atoms with E-state index >= 15 is 0 Å². The van der Waals surface area contributed by atoms with Crippen LogP contribution in [-0.2, 0) is 17.5 Å². The van der Waals surface area contributed by atoms with Gasteiger partial charge in [0.15, 0.2) is 0 Å². The summed E-state index contributed by atoms with van der Waals surface area (Å²) in [6.07, 6.45) is -2.51. The first kappa shape index (κ1) is 17.8. The number of alkyl halides is 3. The van der Waals surface area contributed by atoms with E-state index in [9.17, 15) is 18.0 Å². The smallest absolute Gasteiger partial charge is 0.449 e. The number of hydrogen-bond donors (Lipinski definition) is 2. The topological polar surface area (TPSA) is 68.3 Å². The summed E-state index contributed by atoms with van der Waals surface area (Å²) in [6, 6.07) is 1.30. The van der Waals surface area contributed by atoms with Crippen LogP contribution < -0.4 is 11.1 Å². The van der Waals surface area contributed by atoms with Crippen LogP contribution in [0.3, 0.4) is 0 Å². The van der Waals surface area contributed by atoms with Gasteiger partial charge in [0.1, 0.15) is 5.76 Å². The van der Waals surface area contributed by atoms with Gasteiger partial charge in [0.2, 0.25) is 11.7 Å². The molecule has 2 atom stereocenters. The predicted octanol–water partition coefficient (Wildman–Crippen LogP) is 2.77. The lowest BCUT2D eigenvalue weighted by atomic mass is 10.1. The molecule has 120 valence electrons. The molecule has 0 aliphatic heterocycles. The van der Waals surface area contributed by atoms with Crippen LogP contribution >= 0.6 is 12.4 Å². The van der Waals surface area contributed by atoms with Crippen molar-refractivity contribution in [1.82, 2.24) is 5.32 Å². The Balaban J connectivity index is 0.00000220. The minimum Gasteiger partial charge on any atom is -0.456 e. The van der Waals surface area contributed by atoms with Crippen molar-refractivity contribution in [1.29, 1.82) is 0 Å². The maximum atomic E-state index is 12.7. The summed E-state index contributed by atoms with van der Waals surface area (Å²) in [5, 5.41) is 2.53. The van der Waals surface area contributed by atoms with Crippen molar-refractivity contribution in [3.8, 4) is 0 Å². The molecule has 3 N–H and O–H groups in total. The summed E-state index contributed by atoms with van der Waals surface area (Å²) in [7, 11) is 0. The highest BCUT2D eigenvalue weighted by Gasteiger charge is 2.38. The van der Waals surface area contributed by atoms with Gasteiger partial charge in [0, 0.05) is 24.1 Å². The highest BCUT2D eigenvalue weighted by atomic mass is 35.5. The molecule has 1 aromatic rings. The minimum absolute atomic E-state index is 0. The summed E-state index contributed by atoms with van der Waals surface area (Å²) in [4.78, 5) is 11.9. The highest BCUT2D eigenvalue weighted by Crippen LogP contribution is 2.34. The fourth-order valence-corrected chi connectivity index (χ4v) is 2.52. The van der Waals surface area contributed by atoms with Gasteiger partial charge in [-0.15, -0.1) is 12.4 Å². The van der Waals surface area contributed by atoms with E-state index in [-0.39, 0.29) is 48.1 Å². The lowest BCUT2D eigenvalue weighted by molar-refractivity contribution is -0.154. The van der Waals surface area contributed by atoms with Crippen LogP contribution in [0.25, 0.3) is 0 Å². The highest BCUT2D eigenvalue weighted by molar-refractivity contribution is 5.85. The average Bonchev–Trinajstić information content (AvgIpc) is 2.91. The quantitative estimate of drug-likeness (QED) is 0.897. The summed E-state index contributed by atoms with van der Waals surface area (Å²) in [5.41, 5.74) is 5.66. The molecule has 4 nitrogen and oxygen atoms in total. The Kier molecular flexibility index (Phi) is 5.69. The molecule has 1 aliphatic rings. The average molecular weight is 327 g/mol. The van der Waals surface area contributed by atoms with Crippen molar-refractivity contribution in [2.45, 2.75) is 44.9 Å². The fourth-order valence-electron chi connectivity index (χ4n) is 2.52. The first-order valence-corrected chi connectivity index (χ1v) is 6.47. The summed E-state index contributed by atoms with van der Waals surface area (Å²) < 4.78 is 42.8. The molecule has 2 rings (SSSR count). The Hall–Kier alpha value is -1.21. The largest absolute Gasteiger partial charge is 0.456 e. The number of amides is 1.